The minimum absolute atomic E-state index is 0.247. The second kappa shape index (κ2) is 7.68. The molecule has 33 heavy (non-hydrogen) atoms. The molecule has 4 saturated carbocycles. The number of aromatic nitrogens is 3. The topological polar surface area (TPSA) is 42.7 Å². The van der Waals surface area contributed by atoms with Crippen molar-refractivity contribution in [1.82, 2.24) is 20.3 Å². The summed E-state index contributed by atoms with van der Waals surface area (Å²) < 4.78 is 0. The third kappa shape index (κ3) is 4.13. The molecule has 0 radical (unpaired) electrons. The highest BCUT2D eigenvalue weighted by atomic mass is 35.5. The highest BCUT2D eigenvalue weighted by Crippen LogP contribution is 2.66. The Morgan fingerprint density at radius 2 is 1.61 bits per heavy atom. The van der Waals surface area contributed by atoms with Crippen molar-refractivity contribution in [3.63, 3.8) is 0 Å². The van der Waals surface area contributed by atoms with Crippen molar-refractivity contribution < 1.29 is 0 Å². The second-order valence-electron chi connectivity index (χ2n) is 11.8. The zero-order valence-electron chi connectivity index (χ0n) is 19.6. The smallest absolute Gasteiger partial charge is 0.117 e. The number of halogens is 1. The molecule has 7 rings (SSSR count). The van der Waals surface area contributed by atoms with Crippen LogP contribution in [0.4, 0.5) is 0 Å². The molecule has 1 N–H and O–H groups in total. The van der Waals surface area contributed by atoms with Crippen molar-refractivity contribution in [3.8, 4) is 11.3 Å². The van der Waals surface area contributed by atoms with Gasteiger partial charge in [0.05, 0.1) is 6.54 Å². The van der Waals surface area contributed by atoms with E-state index in [-0.39, 0.29) is 5.54 Å². The number of nitrogens with one attached hydrogen (secondary N) is 1. The molecule has 5 heteroatoms. The highest BCUT2D eigenvalue weighted by molar-refractivity contribution is 6.30. The van der Waals surface area contributed by atoms with Gasteiger partial charge in [0, 0.05) is 22.7 Å². The summed E-state index contributed by atoms with van der Waals surface area (Å²) in [7, 11) is 0. The van der Waals surface area contributed by atoms with Crippen molar-refractivity contribution in [2.45, 2.75) is 71.0 Å². The predicted molar refractivity (Wildman–Crippen MR) is 133 cm³/mol. The van der Waals surface area contributed by atoms with Gasteiger partial charge in [0.2, 0.25) is 0 Å². The average Bonchev–Trinajstić information content (AvgIpc) is 3.15. The summed E-state index contributed by atoms with van der Waals surface area (Å²) in [4.78, 5) is 1.84. The summed E-state index contributed by atoms with van der Waals surface area (Å²) in [5, 5.41) is 14.7. The van der Waals surface area contributed by atoms with Gasteiger partial charge in [0.1, 0.15) is 11.4 Å². The fourth-order valence-electron chi connectivity index (χ4n) is 8.06. The summed E-state index contributed by atoms with van der Waals surface area (Å²) in [5.74, 6) is 0.873. The first kappa shape index (κ1) is 21.4. The standard InChI is InChI=1S/C28H33ClN4/c1-26-12-21-13-27(2,17-26)19-28(14-21,18-26)30-15-24-25(22-6-4-3-5-7-22)32-33(31-24)16-20-8-10-23(29)11-9-20/h3-11,21,30H,12-19H2,1-2H3/t21?,26-,27+,28?. The number of benzene rings is 2. The minimum atomic E-state index is 0.247. The first-order valence-corrected chi connectivity index (χ1v) is 12.7. The summed E-state index contributed by atoms with van der Waals surface area (Å²) in [6, 6.07) is 18.4. The lowest BCUT2D eigenvalue weighted by atomic mass is 9.43. The van der Waals surface area contributed by atoms with Gasteiger partial charge in [-0.3, -0.25) is 0 Å². The Morgan fingerprint density at radius 3 is 2.27 bits per heavy atom. The van der Waals surface area contributed by atoms with Crippen LogP contribution in [-0.2, 0) is 13.1 Å². The maximum Gasteiger partial charge on any atom is 0.117 e. The largest absolute Gasteiger partial charge is 0.305 e. The monoisotopic (exact) mass is 460 g/mol. The lowest BCUT2D eigenvalue weighted by Gasteiger charge is -2.65. The molecule has 2 unspecified atom stereocenters. The van der Waals surface area contributed by atoms with E-state index in [2.05, 4.69) is 49.5 Å². The zero-order valence-corrected chi connectivity index (χ0v) is 20.4. The Labute approximate surface area is 201 Å². The van der Waals surface area contributed by atoms with Gasteiger partial charge in [-0.1, -0.05) is 67.9 Å². The Bertz CT molecular complexity index is 1130. The number of rotatable bonds is 6. The molecule has 4 atom stereocenters. The van der Waals surface area contributed by atoms with Crippen molar-refractivity contribution in [1.29, 1.82) is 0 Å². The summed E-state index contributed by atoms with van der Waals surface area (Å²) in [6.45, 7) is 6.47. The van der Waals surface area contributed by atoms with Gasteiger partial charge in [0.15, 0.2) is 0 Å². The van der Waals surface area contributed by atoms with E-state index in [0.29, 0.717) is 17.4 Å². The van der Waals surface area contributed by atoms with Crippen LogP contribution in [0.25, 0.3) is 11.3 Å². The van der Waals surface area contributed by atoms with Crippen LogP contribution >= 0.6 is 11.6 Å². The molecule has 0 saturated heterocycles. The molecule has 0 spiro atoms. The normalized spacial score (nSPS) is 32.4. The van der Waals surface area contributed by atoms with Gasteiger partial charge in [-0.05, 0) is 73.0 Å². The van der Waals surface area contributed by atoms with E-state index in [4.69, 9.17) is 21.8 Å². The molecule has 4 bridgehead atoms. The SMILES string of the molecule is C[C@]12CC3CC(NCc4nn(Cc5ccc(Cl)cc5)nc4-c4ccccc4)(C1)C[C@@](C)(C3)C2. The molecule has 3 aromatic rings. The number of nitrogens with zero attached hydrogens (tertiary/aromatic N) is 3. The van der Waals surface area contributed by atoms with Crippen LogP contribution in [-0.4, -0.2) is 20.5 Å². The van der Waals surface area contributed by atoms with Gasteiger partial charge in [-0.25, -0.2) is 0 Å². The molecular weight excluding hydrogens is 428 g/mol. The quantitative estimate of drug-likeness (QED) is 0.457. The molecule has 0 aliphatic heterocycles. The lowest BCUT2D eigenvalue weighted by molar-refractivity contribution is -0.118. The lowest BCUT2D eigenvalue weighted by Crippen LogP contribution is -2.63. The number of hydrogen-bond donors (Lipinski definition) is 1. The second-order valence-corrected chi connectivity index (χ2v) is 12.2. The maximum absolute atomic E-state index is 6.07. The highest BCUT2D eigenvalue weighted by Gasteiger charge is 2.59. The summed E-state index contributed by atoms with van der Waals surface area (Å²) >= 11 is 6.07. The van der Waals surface area contributed by atoms with Gasteiger partial charge < -0.3 is 5.32 Å². The van der Waals surface area contributed by atoms with Gasteiger partial charge in [-0.15, -0.1) is 0 Å². The first-order chi connectivity index (χ1) is 15.8. The number of hydrogen-bond acceptors (Lipinski definition) is 3. The van der Waals surface area contributed by atoms with E-state index in [0.717, 1.165) is 40.0 Å². The summed E-state index contributed by atoms with van der Waals surface area (Å²) in [6.07, 6.45) is 8.14. The molecule has 4 aliphatic rings. The Hall–Kier alpha value is -2.17. The van der Waals surface area contributed by atoms with E-state index in [1.165, 1.54) is 38.5 Å². The van der Waals surface area contributed by atoms with E-state index in [9.17, 15) is 0 Å². The zero-order chi connectivity index (χ0) is 22.7. The van der Waals surface area contributed by atoms with Gasteiger partial charge in [-0.2, -0.15) is 15.0 Å². The van der Waals surface area contributed by atoms with Crippen LogP contribution in [0.3, 0.4) is 0 Å². The van der Waals surface area contributed by atoms with Crippen LogP contribution in [0.2, 0.25) is 5.02 Å². The maximum atomic E-state index is 6.07. The molecule has 2 aromatic carbocycles. The van der Waals surface area contributed by atoms with Crippen LogP contribution in [0.15, 0.2) is 54.6 Å². The molecular formula is C28H33ClN4. The van der Waals surface area contributed by atoms with E-state index in [1.807, 2.05) is 29.1 Å². The molecule has 172 valence electrons. The molecule has 1 aromatic heterocycles. The van der Waals surface area contributed by atoms with Crippen LogP contribution in [0, 0.1) is 16.7 Å². The average molecular weight is 461 g/mol. The molecule has 4 fully saturated rings. The molecule has 1 heterocycles. The Balaban J connectivity index is 1.28. The fraction of sp³-hybridized carbons (Fsp3) is 0.500. The minimum Gasteiger partial charge on any atom is -0.305 e. The third-order valence-corrected chi connectivity index (χ3v) is 8.52. The van der Waals surface area contributed by atoms with Crippen LogP contribution in [0.1, 0.15) is 63.6 Å². The fourth-order valence-corrected chi connectivity index (χ4v) is 8.19. The van der Waals surface area contributed by atoms with Crippen molar-refractivity contribution in [2.24, 2.45) is 16.7 Å². The van der Waals surface area contributed by atoms with Crippen LogP contribution in [0.5, 0.6) is 0 Å². The van der Waals surface area contributed by atoms with Gasteiger partial charge in [0.25, 0.3) is 0 Å². The molecule has 4 aliphatic carbocycles. The van der Waals surface area contributed by atoms with Gasteiger partial charge >= 0.3 is 0 Å². The molecule has 4 nitrogen and oxygen atoms in total. The summed E-state index contributed by atoms with van der Waals surface area (Å²) in [5.41, 5.74) is 5.54. The Kier molecular flexibility index (Phi) is 4.97. The van der Waals surface area contributed by atoms with E-state index < -0.39 is 0 Å². The Morgan fingerprint density at radius 1 is 0.909 bits per heavy atom. The van der Waals surface area contributed by atoms with E-state index in [1.54, 1.807) is 0 Å². The first-order valence-electron chi connectivity index (χ1n) is 12.3. The van der Waals surface area contributed by atoms with Crippen LogP contribution < -0.4 is 5.32 Å². The van der Waals surface area contributed by atoms with E-state index >= 15 is 0 Å². The predicted octanol–water partition coefficient (Wildman–Crippen LogP) is 6.49. The van der Waals surface area contributed by atoms with Crippen molar-refractivity contribution in [2.75, 3.05) is 0 Å². The third-order valence-electron chi connectivity index (χ3n) is 8.27. The molecule has 0 amide bonds. The van der Waals surface area contributed by atoms with Crippen molar-refractivity contribution >= 4 is 11.6 Å². The van der Waals surface area contributed by atoms with Crippen molar-refractivity contribution in [3.05, 3.63) is 70.9 Å².